The molecule has 4 rings (SSSR count). The van der Waals surface area contributed by atoms with Crippen LogP contribution in [0.5, 0.6) is 5.75 Å². The molecule has 29 heavy (non-hydrogen) atoms. The van der Waals surface area contributed by atoms with Crippen molar-refractivity contribution in [1.82, 2.24) is 10.3 Å². The minimum absolute atomic E-state index is 0.101. The number of aromatic nitrogens is 1. The maximum absolute atomic E-state index is 12.7. The Hall–Kier alpha value is -3.66. The van der Waals surface area contributed by atoms with Crippen molar-refractivity contribution >= 4 is 16.7 Å². The van der Waals surface area contributed by atoms with Gasteiger partial charge in [0.05, 0.1) is 6.04 Å². The smallest absolute Gasteiger partial charge is 0.251 e. The number of pyridine rings is 1. The molecule has 1 atom stereocenters. The van der Waals surface area contributed by atoms with Gasteiger partial charge >= 0.3 is 0 Å². The third kappa shape index (κ3) is 4.43. The Morgan fingerprint density at radius 3 is 2.45 bits per heavy atom. The van der Waals surface area contributed by atoms with Gasteiger partial charge in [-0.15, -0.1) is 0 Å². The van der Waals surface area contributed by atoms with Crippen molar-refractivity contribution in [2.45, 2.75) is 19.6 Å². The lowest BCUT2D eigenvalue weighted by Crippen LogP contribution is -2.26. The van der Waals surface area contributed by atoms with Crippen molar-refractivity contribution < 1.29 is 9.53 Å². The lowest BCUT2D eigenvalue weighted by atomic mass is 9.99. The molecule has 0 aliphatic rings. The van der Waals surface area contributed by atoms with Gasteiger partial charge in [-0.1, -0.05) is 42.5 Å². The summed E-state index contributed by atoms with van der Waals surface area (Å²) >= 11 is 0. The first kappa shape index (κ1) is 18.7. The highest BCUT2D eigenvalue weighted by molar-refractivity contribution is 5.95. The Kier molecular flexibility index (Phi) is 5.52. The molecule has 1 aromatic heterocycles. The Labute approximate surface area is 170 Å². The molecule has 4 nitrogen and oxygen atoms in total. The van der Waals surface area contributed by atoms with Crippen LogP contribution in [0.25, 0.3) is 10.8 Å². The molecule has 4 heteroatoms. The monoisotopic (exact) mass is 382 g/mol. The number of fused-ring (bicyclic) bond motifs is 1. The summed E-state index contributed by atoms with van der Waals surface area (Å²) in [6.07, 6.45) is 3.48. The van der Waals surface area contributed by atoms with Crippen molar-refractivity contribution in [2.75, 3.05) is 0 Å². The van der Waals surface area contributed by atoms with Crippen LogP contribution in [-0.2, 0) is 6.61 Å². The molecule has 0 aliphatic carbocycles. The second-order valence-electron chi connectivity index (χ2n) is 6.93. The standard InChI is InChI=1S/C25H22N2O2/c1-18(23-8-4-6-20-5-2-3-7-24(20)23)27-25(28)21-9-11-22(12-10-21)29-17-19-13-15-26-16-14-19/h2-16,18H,17H2,1H3,(H,27,28)/t18-/m0/s1. The molecule has 144 valence electrons. The first-order valence-corrected chi connectivity index (χ1v) is 9.61. The quantitative estimate of drug-likeness (QED) is 0.492. The minimum atomic E-state index is -0.105. The highest BCUT2D eigenvalue weighted by Crippen LogP contribution is 2.24. The Morgan fingerprint density at radius 1 is 0.931 bits per heavy atom. The second-order valence-corrected chi connectivity index (χ2v) is 6.93. The van der Waals surface area contributed by atoms with Crippen molar-refractivity contribution in [2.24, 2.45) is 0 Å². The number of nitrogens with zero attached hydrogens (tertiary/aromatic N) is 1. The number of hydrogen-bond donors (Lipinski definition) is 1. The summed E-state index contributed by atoms with van der Waals surface area (Å²) in [5.74, 6) is 0.617. The molecule has 0 bridgehead atoms. The van der Waals surface area contributed by atoms with Gasteiger partial charge in [-0.3, -0.25) is 9.78 Å². The van der Waals surface area contributed by atoms with Crippen molar-refractivity contribution in [3.63, 3.8) is 0 Å². The van der Waals surface area contributed by atoms with Crippen LogP contribution in [-0.4, -0.2) is 10.9 Å². The van der Waals surface area contributed by atoms with E-state index < -0.39 is 0 Å². The Bertz CT molecular complexity index is 1100. The largest absolute Gasteiger partial charge is 0.489 e. The molecule has 0 saturated carbocycles. The molecule has 0 spiro atoms. The van der Waals surface area contributed by atoms with E-state index >= 15 is 0 Å². The fraction of sp³-hybridized carbons (Fsp3) is 0.120. The van der Waals surface area contributed by atoms with Crippen LogP contribution in [0, 0.1) is 0 Å². The van der Waals surface area contributed by atoms with Gasteiger partial charge in [-0.25, -0.2) is 0 Å². The molecule has 3 aromatic carbocycles. The van der Waals surface area contributed by atoms with Gasteiger partial charge in [0.1, 0.15) is 12.4 Å². The molecule has 0 fully saturated rings. The lowest BCUT2D eigenvalue weighted by Gasteiger charge is -2.17. The van der Waals surface area contributed by atoms with Gasteiger partial charge in [-0.05, 0) is 65.2 Å². The zero-order valence-electron chi connectivity index (χ0n) is 16.2. The molecule has 4 aromatic rings. The van der Waals surface area contributed by atoms with E-state index in [4.69, 9.17) is 4.74 Å². The molecule has 0 unspecified atom stereocenters. The first-order chi connectivity index (χ1) is 14.2. The number of carbonyl (C=O) groups is 1. The third-order valence-corrected chi connectivity index (χ3v) is 4.91. The summed E-state index contributed by atoms with van der Waals surface area (Å²) in [4.78, 5) is 16.7. The van der Waals surface area contributed by atoms with Gasteiger partial charge in [0.15, 0.2) is 0 Å². The van der Waals surface area contributed by atoms with E-state index in [-0.39, 0.29) is 11.9 Å². The number of amides is 1. The highest BCUT2D eigenvalue weighted by atomic mass is 16.5. The molecule has 0 saturated heterocycles. The summed E-state index contributed by atoms with van der Waals surface area (Å²) in [5.41, 5.74) is 2.76. The van der Waals surface area contributed by atoms with Crippen molar-refractivity contribution in [3.05, 3.63) is 108 Å². The molecular formula is C25H22N2O2. The lowest BCUT2D eigenvalue weighted by molar-refractivity contribution is 0.0940. The van der Waals surface area contributed by atoms with Crippen molar-refractivity contribution in [3.8, 4) is 5.75 Å². The van der Waals surface area contributed by atoms with Crippen LogP contribution in [0.3, 0.4) is 0 Å². The van der Waals surface area contributed by atoms with Crippen LogP contribution >= 0.6 is 0 Å². The normalized spacial score (nSPS) is 11.8. The molecule has 0 aliphatic heterocycles. The number of ether oxygens (including phenoxy) is 1. The van der Waals surface area contributed by atoms with Crippen molar-refractivity contribution in [1.29, 1.82) is 0 Å². The summed E-state index contributed by atoms with van der Waals surface area (Å²) in [5, 5.41) is 5.42. The maximum Gasteiger partial charge on any atom is 0.251 e. The zero-order valence-corrected chi connectivity index (χ0v) is 16.2. The summed E-state index contributed by atoms with van der Waals surface area (Å²) in [7, 11) is 0. The van der Waals surface area contributed by atoms with Gasteiger partial charge in [0, 0.05) is 18.0 Å². The number of benzene rings is 3. The number of nitrogens with one attached hydrogen (secondary N) is 1. The third-order valence-electron chi connectivity index (χ3n) is 4.91. The minimum Gasteiger partial charge on any atom is -0.489 e. The topological polar surface area (TPSA) is 51.2 Å². The zero-order chi connectivity index (χ0) is 20.1. The molecule has 0 radical (unpaired) electrons. The van der Waals surface area contributed by atoms with Gasteiger partial charge in [0.25, 0.3) is 5.91 Å². The average Bonchev–Trinajstić information content (AvgIpc) is 2.78. The second kappa shape index (κ2) is 8.57. The number of carbonyl (C=O) groups excluding carboxylic acids is 1. The van der Waals surface area contributed by atoms with E-state index in [1.165, 1.54) is 5.39 Å². The van der Waals surface area contributed by atoms with E-state index in [2.05, 4.69) is 34.6 Å². The maximum atomic E-state index is 12.7. The summed E-state index contributed by atoms with van der Waals surface area (Å²) in [6.45, 7) is 2.47. The Balaban J connectivity index is 1.41. The van der Waals surface area contributed by atoms with Crippen LogP contribution in [0.1, 0.15) is 34.5 Å². The van der Waals surface area contributed by atoms with E-state index in [0.717, 1.165) is 22.3 Å². The van der Waals surface area contributed by atoms with E-state index in [9.17, 15) is 4.79 Å². The summed E-state index contributed by atoms with van der Waals surface area (Å²) < 4.78 is 5.77. The highest BCUT2D eigenvalue weighted by Gasteiger charge is 2.13. The van der Waals surface area contributed by atoms with Gasteiger partial charge in [0.2, 0.25) is 0 Å². The van der Waals surface area contributed by atoms with Gasteiger partial charge < -0.3 is 10.1 Å². The number of hydrogen-bond acceptors (Lipinski definition) is 3. The SMILES string of the molecule is C[C@H](NC(=O)c1ccc(OCc2ccncc2)cc1)c1cccc2ccccc12. The fourth-order valence-electron chi connectivity index (χ4n) is 3.33. The molecule has 1 heterocycles. The number of rotatable bonds is 6. The fourth-order valence-corrected chi connectivity index (χ4v) is 3.33. The van der Waals surface area contributed by atoms with Crippen LogP contribution in [0.15, 0.2) is 91.3 Å². The molecule has 1 N–H and O–H groups in total. The molecule has 1 amide bonds. The van der Waals surface area contributed by atoms with Crippen LogP contribution in [0.2, 0.25) is 0 Å². The van der Waals surface area contributed by atoms with E-state index in [1.54, 1.807) is 24.5 Å². The van der Waals surface area contributed by atoms with Gasteiger partial charge in [-0.2, -0.15) is 0 Å². The van der Waals surface area contributed by atoms with Crippen LogP contribution < -0.4 is 10.1 Å². The first-order valence-electron chi connectivity index (χ1n) is 9.61. The molecular weight excluding hydrogens is 360 g/mol. The summed E-state index contributed by atoms with van der Waals surface area (Å²) in [6, 6.07) is 25.3. The van der Waals surface area contributed by atoms with Crippen LogP contribution in [0.4, 0.5) is 0 Å². The predicted octanol–water partition coefficient (Wildman–Crippen LogP) is 5.30. The predicted molar refractivity (Wildman–Crippen MR) is 115 cm³/mol. The van der Waals surface area contributed by atoms with E-state index in [1.807, 2.05) is 49.4 Å². The van der Waals surface area contributed by atoms with E-state index in [0.29, 0.717) is 12.2 Å². The average molecular weight is 382 g/mol. The Morgan fingerprint density at radius 2 is 1.66 bits per heavy atom.